The molecule has 0 aliphatic carbocycles. The van der Waals surface area contributed by atoms with Crippen LogP contribution in [-0.2, 0) is 6.54 Å². The van der Waals surface area contributed by atoms with E-state index in [0.29, 0.717) is 6.04 Å². The van der Waals surface area contributed by atoms with Crippen LogP contribution in [0.2, 0.25) is 0 Å². The topological polar surface area (TPSA) is 38.5 Å². The Balaban J connectivity index is 2.14. The lowest BCUT2D eigenvalue weighted by atomic mass is 10.1. The molecule has 3 nitrogen and oxygen atoms in total. The van der Waals surface area contributed by atoms with Gasteiger partial charge in [-0.25, -0.2) is 0 Å². The molecule has 0 amide bonds. The van der Waals surface area contributed by atoms with Gasteiger partial charge in [-0.15, -0.1) is 0 Å². The van der Waals surface area contributed by atoms with E-state index in [1.807, 2.05) is 12.1 Å². The van der Waals surface area contributed by atoms with Crippen LogP contribution in [0.3, 0.4) is 0 Å². The molecule has 88 valence electrons. The van der Waals surface area contributed by atoms with E-state index in [4.69, 9.17) is 10.5 Å². The predicted molar refractivity (Wildman–Crippen MR) is 66.5 cm³/mol. The van der Waals surface area contributed by atoms with E-state index in [1.54, 1.807) is 7.11 Å². The fourth-order valence-corrected chi connectivity index (χ4v) is 2.34. The lowest BCUT2D eigenvalue weighted by Gasteiger charge is -2.22. The van der Waals surface area contributed by atoms with Crippen LogP contribution in [0.4, 0.5) is 5.69 Å². The summed E-state index contributed by atoms with van der Waals surface area (Å²) in [4.78, 5) is 2.49. The van der Waals surface area contributed by atoms with Crippen molar-refractivity contribution in [1.82, 2.24) is 4.90 Å². The molecule has 0 saturated carbocycles. The number of likely N-dealkylation sites (tertiary alicyclic amines) is 1. The van der Waals surface area contributed by atoms with Gasteiger partial charge in [0, 0.05) is 29.9 Å². The molecule has 0 radical (unpaired) electrons. The Morgan fingerprint density at radius 1 is 1.50 bits per heavy atom. The normalized spacial score (nSPS) is 21.2. The van der Waals surface area contributed by atoms with Crippen LogP contribution < -0.4 is 10.5 Å². The van der Waals surface area contributed by atoms with Crippen molar-refractivity contribution in [3.63, 3.8) is 0 Å². The SMILES string of the molecule is COc1cc(N)ccc1CN1CCCC1C. The minimum Gasteiger partial charge on any atom is -0.496 e. The molecule has 1 heterocycles. The lowest BCUT2D eigenvalue weighted by Crippen LogP contribution is -2.26. The second-order valence-electron chi connectivity index (χ2n) is 4.53. The van der Waals surface area contributed by atoms with E-state index < -0.39 is 0 Å². The average molecular weight is 220 g/mol. The number of anilines is 1. The van der Waals surface area contributed by atoms with Crippen LogP contribution in [0.15, 0.2) is 18.2 Å². The summed E-state index contributed by atoms with van der Waals surface area (Å²) in [6.45, 7) is 4.44. The first-order valence-electron chi connectivity index (χ1n) is 5.87. The summed E-state index contributed by atoms with van der Waals surface area (Å²) < 4.78 is 5.37. The molecule has 1 atom stereocenters. The fourth-order valence-electron chi connectivity index (χ4n) is 2.34. The maximum atomic E-state index is 5.74. The van der Waals surface area contributed by atoms with Crippen molar-refractivity contribution in [1.29, 1.82) is 0 Å². The van der Waals surface area contributed by atoms with Gasteiger partial charge in [-0.05, 0) is 32.4 Å². The summed E-state index contributed by atoms with van der Waals surface area (Å²) in [5, 5.41) is 0. The average Bonchev–Trinajstić information content (AvgIpc) is 2.67. The van der Waals surface area contributed by atoms with Gasteiger partial charge >= 0.3 is 0 Å². The first-order chi connectivity index (χ1) is 7.70. The Kier molecular flexibility index (Phi) is 3.34. The summed E-state index contributed by atoms with van der Waals surface area (Å²) >= 11 is 0. The molecule has 0 aromatic heterocycles. The quantitative estimate of drug-likeness (QED) is 0.794. The molecule has 16 heavy (non-hydrogen) atoms. The summed E-state index contributed by atoms with van der Waals surface area (Å²) in [6, 6.07) is 6.59. The van der Waals surface area contributed by atoms with Crippen molar-refractivity contribution < 1.29 is 4.74 Å². The van der Waals surface area contributed by atoms with Crippen LogP contribution in [0.25, 0.3) is 0 Å². The summed E-state index contributed by atoms with van der Waals surface area (Å²) in [6.07, 6.45) is 2.61. The number of benzene rings is 1. The summed E-state index contributed by atoms with van der Waals surface area (Å²) in [5.41, 5.74) is 7.73. The Morgan fingerprint density at radius 3 is 2.94 bits per heavy atom. The number of nitrogens with zero attached hydrogens (tertiary/aromatic N) is 1. The van der Waals surface area contributed by atoms with E-state index in [-0.39, 0.29) is 0 Å². The Labute approximate surface area is 97.2 Å². The van der Waals surface area contributed by atoms with Crippen LogP contribution in [-0.4, -0.2) is 24.6 Å². The Morgan fingerprint density at radius 2 is 2.31 bits per heavy atom. The van der Waals surface area contributed by atoms with Gasteiger partial charge in [0.25, 0.3) is 0 Å². The van der Waals surface area contributed by atoms with Crippen LogP contribution in [0.1, 0.15) is 25.3 Å². The Hall–Kier alpha value is -1.22. The fraction of sp³-hybridized carbons (Fsp3) is 0.538. The molecule has 2 rings (SSSR count). The zero-order valence-corrected chi connectivity index (χ0v) is 10.1. The zero-order chi connectivity index (χ0) is 11.5. The molecule has 1 aromatic carbocycles. The third kappa shape index (κ3) is 2.30. The third-order valence-electron chi connectivity index (χ3n) is 3.38. The van der Waals surface area contributed by atoms with Crippen LogP contribution in [0.5, 0.6) is 5.75 Å². The summed E-state index contributed by atoms with van der Waals surface area (Å²) in [5.74, 6) is 0.902. The highest BCUT2D eigenvalue weighted by molar-refractivity contribution is 5.48. The van der Waals surface area contributed by atoms with E-state index in [9.17, 15) is 0 Å². The van der Waals surface area contributed by atoms with Crippen LogP contribution in [0, 0.1) is 0 Å². The van der Waals surface area contributed by atoms with Gasteiger partial charge in [0.05, 0.1) is 7.11 Å². The third-order valence-corrected chi connectivity index (χ3v) is 3.38. The molecular weight excluding hydrogens is 200 g/mol. The number of nitrogen functional groups attached to an aromatic ring is 1. The minimum atomic E-state index is 0.683. The monoisotopic (exact) mass is 220 g/mol. The minimum absolute atomic E-state index is 0.683. The number of hydrogen-bond acceptors (Lipinski definition) is 3. The van der Waals surface area contributed by atoms with Gasteiger partial charge < -0.3 is 10.5 Å². The number of nitrogens with two attached hydrogens (primary N) is 1. The van der Waals surface area contributed by atoms with E-state index in [1.165, 1.54) is 24.9 Å². The van der Waals surface area contributed by atoms with Crippen molar-refractivity contribution in [3.8, 4) is 5.75 Å². The van der Waals surface area contributed by atoms with Gasteiger partial charge in [-0.1, -0.05) is 6.07 Å². The zero-order valence-electron chi connectivity index (χ0n) is 10.1. The molecular formula is C13H20N2O. The molecule has 1 saturated heterocycles. The molecule has 0 spiro atoms. The smallest absolute Gasteiger partial charge is 0.125 e. The number of rotatable bonds is 3. The Bertz CT molecular complexity index is 365. The molecule has 1 aliphatic rings. The second-order valence-corrected chi connectivity index (χ2v) is 4.53. The maximum Gasteiger partial charge on any atom is 0.125 e. The maximum absolute atomic E-state index is 5.74. The van der Waals surface area contributed by atoms with Gasteiger partial charge in [-0.2, -0.15) is 0 Å². The molecule has 2 N–H and O–H groups in total. The molecule has 0 bridgehead atoms. The molecule has 1 fully saturated rings. The molecule has 1 unspecified atom stereocenters. The van der Waals surface area contributed by atoms with Crippen molar-refractivity contribution in [2.45, 2.75) is 32.4 Å². The molecule has 1 aromatic rings. The standard InChI is InChI=1S/C13H20N2O/c1-10-4-3-7-15(10)9-11-5-6-12(14)8-13(11)16-2/h5-6,8,10H,3-4,7,9,14H2,1-2H3. The van der Waals surface area contributed by atoms with E-state index >= 15 is 0 Å². The van der Waals surface area contributed by atoms with Crippen molar-refractivity contribution >= 4 is 5.69 Å². The molecule has 3 heteroatoms. The van der Waals surface area contributed by atoms with Gasteiger partial charge in [0.2, 0.25) is 0 Å². The lowest BCUT2D eigenvalue weighted by molar-refractivity contribution is 0.256. The number of hydrogen-bond donors (Lipinski definition) is 1. The second kappa shape index (κ2) is 4.74. The largest absolute Gasteiger partial charge is 0.496 e. The van der Waals surface area contributed by atoms with Crippen molar-refractivity contribution in [2.75, 3.05) is 19.4 Å². The summed E-state index contributed by atoms with van der Waals surface area (Å²) in [7, 11) is 1.70. The predicted octanol–water partition coefficient (Wildman–Crippen LogP) is 2.26. The van der Waals surface area contributed by atoms with Gasteiger partial charge in [0.15, 0.2) is 0 Å². The van der Waals surface area contributed by atoms with Crippen molar-refractivity contribution in [3.05, 3.63) is 23.8 Å². The first-order valence-corrected chi connectivity index (χ1v) is 5.87. The number of methoxy groups -OCH3 is 1. The van der Waals surface area contributed by atoms with Gasteiger partial charge in [0.1, 0.15) is 5.75 Å². The van der Waals surface area contributed by atoms with E-state index in [0.717, 1.165) is 18.0 Å². The highest BCUT2D eigenvalue weighted by Crippen LogP contribution is 2.26. The van der Waals surface area contributed by atoms with Crippen molar-refractivity contribution in [2.24, 2.45) is 0 Å². The first kappa shape index (κ1) is 11.3. The van der Waals surface area contributed by atoms with E-state index in [2.05, 4.69) is 17.9 Å². The highest BCUT2D eigenvalue weighted by Gasteiger charge is 2.21. The number of ether oxygens (including phenoxy) is 1. The van der Waals surface area contributed by atoms with Gasteiger partial charge in [-0.3, -0.25) is 4.90 Å². The van der Waals surface area contributed by atoms with Crippen LogP contribution >= 0.6 is 0 Å². The highest BCUT2D eigenvalue weighted by atomic mass is 16.5. The molecule has 1 aliphatic heterocycles.